The molecule has 0 bridgehead atoms. The van der Waals surface area contributed by atoms with E-state index in [1.165, 1.54) is 0 Å². The minimum atomic E-state index is -0.724. The first-order valence-corrected chi connectivity index (χ1v) is 12.8. The van der Waals surface area contributed by atoms with E-state index in [1.54, 1.807) is 0 Å². The predicted molar refractivity (Wildman–Crippen MR) is 119 cm³/mol. The number of carbonyl (C=O) groups is 1. The molecule has 4 saturated carbocycles. The Morgan fingerprint density at radius 3 is 2.52 bits per heavy atom. The van der Waals surface area contributed by atoms with Crippen molar-refractivity contribution in [3.05, 3.63) is 0 Å². The Morgan fingerprint density at radius 1 is 1.10 bits per heavy atom. The second-order valence-electron chi connectivity index (χ2n) is 11.9. The molecule has 0 aromatic carbocycles. The molecule has 0 saturated heterocycles. The molecule has 0 spiro atoms. The number of hydrogen-bond donors (Lipinski definition) is 3. The van der Waals surface area contributed by atoms with Gasteiger partial charge in [-0.2, -0.15) is 0 Å². The largest absolute Gasteiger partial charge is 0.481 e. The van der Waals surface area contributed by atoms with Crippen molar-refractivity contribution in [2.75, 3.05) is 6.61 Å². The third-order valence-electron chi connectivity index (χ3n) is 10.7. The molecule has 0 aromatic rings. The molecule has 0 aromatic heterocycles. The van der Waals surface area contributed by atoms with Gasteiger partial charge in [-0.05, 0) is 105 Å². The lowest BCUT2D eigenvalue weighted by atomic mass is 9.43. The van der Waals surface area contributed by atoms with E-state index in [9.17, 15) is 20.1 Å². The molecule has 4 aliphatic carbocycles. The molecular formula is C26H44O5. The highest BCUT2D eigenvalue weighted by atomic mass is 16.5. The first kappa shape index (κ1) is 23.5. The summed E-state index contributed by atoms with van der Waals surface area (Å²) >= 11 is 0. The van der Waals surface area contributed by atoms with Crippen LogP contribution in [0.5, 0.6) is 0 Å². The summed E-state index contributed by atoms with van der Waals surface area (Å²) in [5.74, 6) is 1.75. The molecule has 4 fully saturated rings. The number of carboxylic acids is 1. The van der Waals surface area contributed by atoms with Crippen molar-refractivity contribution < 1.29 is 24.9 Å². The molecule has 4 aliphatic rings. The average Bonchev–Trinajstić information content (AvgIpc) is 3.07. The number of ether oxygens (including phenoxy) is 1. The topological polar surface area (TPSA) is 87.0 Å². The zero-order valence-corrected chi connectivity index (χ0v) is 19.9. The second kappa shape index (κ2) is 8.61. The maximum Gasteiger partial charge on any atom is 0.303 e. The number of rotatable bonds is 6. The van der Waals surface area contributed by atoms with E-state index in [0.717, 1.165) is 44.9 Å². The SMILES string of the molecule is CCOC1CC2CC(O)CCC2(C)C2CC(O)C3(C)C(C(C)CCC(=O)O)CCC3C12. The van der Waals surface area contributed by atoms with E-state index in [4.69, 9.17) is 4.74 Å². The number of aliphatic hydroxyl groups excluding tert-OH is 2. The lowest BCUT2D eigenvalue weighted by Crippen LogP contribution is -2.62. The van der Waals surface area contributed by atoms with Crippen LogP contribution in [0.2, 0.25) is 0 Å². The Morgan fingerprint density at radius 2 is 1.84 bits per heavy atom. The molecule has 3 N–H and O–H groups in total. The molecule has 0 aliphatic heterocycles. The maximum absolute atomic E-state index is 11.6. The summed E-state index contributed by atoms with van der Waals surface area (Å²) in [4.78, 5) is 11.2. The molecular weight excluding hydrogens is 392 g/mol. The van der Waals surface area contributed by atoms with Gasteiger partial charge in [-0.3, -0.25) is 4.79 Å². The van der Waals surface area contributed by atoms with E-state index in [-0.39, 0.29) is 35.6 Å². The van der Waals surface area contributed by atoms with Crippen LogP contribution in [0, 0.1) is 46.3 Å². The van der Waals surface area contributed by atoms with E-state index in [0.29, 0.717) is 48.5 Å². The predicted octanol–water partition coefficient (Wildman–Crippen LogP) is 4.49. The first-order chi connectivity index (χ1) is 14.6. The third-order valence-corrected chi connectivity index (χ3v) is 10.7. The van der Waals surface area contributed by atoms with E-state index >= 15 is 0 Å². The van der Waals surface area contributed by atoms with Gasteiger partial charge in [-0.15, -0.1) is 0 Å². The van der Waals surface area contributed by atoms with Gasteiger partial charge in [0.1, 0.15) is 0 Å². The number of hydrogen-bond acceptors (Lipinski definition) is 4. The lowest BCUT2D eigenvalue weighted by molar-refractivity contribution is -0.216. The van der Waals surface area contributed by atoms with E-state index in [2.05, 4.69) is 27.7 Å². The van der Waals surface area contributed by atoms with Crippen LogP contribution in [0.3, 0.4) is 0 Å². The molecule has 178 valence electrons. The van der Waals surface area contributed by atoms with Gasteiger partial charge >= 0.3 is 5.97 Å². The van der Waals surface area contributed by atoms with Crippen molar-refractivity contribution >= 4 is 5.97 Å². The first-order valence-electron chi connectivity index (χ1n) is 12.8. The number of aliphatic carboxylic acids is 1. The zero-order valence-electron chi connectivity index (χ0n) is 19.9. The third kappa shape index (κ3) is 3.77. The zero-order chi connectivity index (χ0) is 22.6. The molecule has 0 heterocycles. The van der Waals surface area contributed by atoms with E-state index in [1.807, 2.05) is 0 Å². The molecule has 0 amide bonds. The van der Waals surface area contributed by atoms with Gasteiger partial charge in [0.05, 0.1) is 18.3 Å². The van der Waals surface area contributed by atoms with Crippen LogP contribution in [0.15, 0.2) is 0 Å². The minimum Gasteiger partial charge on any atom is -0.481 e. The van der Waals surface area contributed by atoms with Crippen molar-refractivity contribution in [3.8, 4) is 0 Å². The van der Waals surface area contributed by atoms with Crippen LogP contribution < -0.4 is 0 Å². The summed E-state index contributed by atoms with van der Waals surface area (Å²) in [6.45, 7) is 9.72. The normalized spacial score (nSPS) is 50.3. The van der Waals surface area contributed by atoms with Crippen molar-refractivity contribution in [2.45, 2.75) is 104 Å². The molecule has 31 heavy (non-hydrogen) atoms. The van der Waals surface area contributed by atoms with Gasteiger partial charge in [0.25, 0.3) is 0 Å². The number of fused-ring (bicyclic) bond motifs is 5. The molecule has 5 heteroatoms. The van der Waals surface area contributed by atoms with Crippen molar-refractivity contribution in [3.63, 3.8) is 0 Å². The Bertz CT molecular complexity index is 666. The highest BCUT2D eigenvalue weighted by Gasteiger charge is 2.66. The minimum absolute atomic E-state index is 0.161. The summed E-state index contributed by atoms with van der Waals surface area (Å²) in [6, 6.07) is 0. The molecule has 11 atom stereocenters. The van der Waals surface area contributed by atoms with Gasteiger partial charge in [0, 0.05) is 13.0 Å². The van der Waals surface area contributed by atoms with Gasteiger partial charge in [-0.25, -0.2) is 0 Å². The summed E-state index contributed by atoms with van der Waals surface area (Å²) in [5.41, 5.74) is 0.0125. The van der Waals surface area contributed by atoms with Crippen LogP contribution in [0.25, 0.3) is 0 Å². The van der Waals surface area contributed by atoms with Gasteiger partial charge in [0.2, 0.25) is 0 Å². The van der Waals surface area contributed by atoms with Crippen LogP contribution >= 0.6 is 0 Å². The van der Waals surface area contributed by atoms with E-state index < -0.39 is 5.97 Å². The fraction of sp³-hybridized carbons (Fsp3) is 0.962. The van der Waals surface area contributed by atoms with Crippen LogP contribution in [-0.2, 0) is 9.53 Å². The quantitative estimate of drug-likeness (QED) is 0.571. The maximum atomic E-state index is 11.6. The summed E-state index contributed by atoms with van der Waals surface area (Å²) < 4.78 is 6.40. The molecule has 0 radical (unpaired) electrons. The van der Waals surface area contributed by atoms with Crippen molar-refractivity contribution in [1.82, 2.24) is 0 Å². The van der Waals surface area contributed by atoms with Crippen LogP contribution in [-0.4, -0.2) is 46.2 Å². The molecule has 4 rings (SSSR count). The van der Waals surface area contributed by atoms with Crippen molar-refractivity contribution in [2.24, 2.45) is 46.3 Å². The number of aliphatic hydroxyl groups is 2. The summed E-state index contributed by atoms with van der Waals surface area (Å²) in [7, 11) is 0. The Balaban J connectivity index is 1.64. The highest BCUT2D eigenvalue weighted by molar-refractivity contribution is 5.66. The number of carboxylic acid groups (broad SMARTS) is 1. The van der Waals surface area contributed by atoms with Gasteiger partial charge < -0.3 is 20.1 Å². The fourth-order valence-electron chi connectivity index (χ4n) is 9.05. The van der Waals surface area contributed by atoms with Crippen molar-refractivity contribution in [1.29, 1.82) is 0 Å². The Labute approximate surface area is 187 Å². The summed E-state index contributed by atoms with van der Waals surface area (Å²) in [5, 5.41) is 31.2. The second-order valence-corrected chi connectivity index (χ2v) is 11.9. The van der Waals surface area contributed by atoms with Gasteiger partial charge in [0.15, 0.2) is 0 Å². The standard InChI is InChI=1S/C26H44O5/c1-5-31-21-13-16-12-17(27)10-11-25(16,3)20-14-22(28)26(4)18(7-8-19(26)24(20)21)15(2)6-9-23(29)30/h15-22,24,27-28H,5-14H2,1-4H3,(H,29,30). The average molecular weight is 437 g/mol. The monoisotopic (exact) mass is 436 g/mol. The lowest BCUT2D eigenvalue weighted by Gasteiger charge is -2.64. The Kier molecular flexibility index (Phi) is 6.53. The molecule has 5 nitrogen and oxygen atoms in total. The molecule has 11 unspecified atom stereocenters. The highest BCUT2D eigenvalue weighted by Crippen LogP contribution is 2.68. The fourth-order valence-corrected chi connectivity index (χ4v) is 9.05. The summed E-state index contributed by atoms with van der Waals surface area (Å²) in [6.07, 6.45) is 7.43. The van der Waals surface area contributed by atoms with Gasteiger partial charge in [-0.1, -0.05) is 20.8 Å². The van der Waals surface area contributed by atoms with Crippen LogP contribution in [0.1, 0.15) is 85.5 Å². The Hall–Kier alpha value is -0.650. The van der Waals surface area contributed by atoms with Crippen LogP contribution in [0.4, 0.5) is 0 Å². The smallest absolute Gasteiger partial charge is 0.303 e.